The molecule has 0 aromatic heterocycles. The van der Waals surface area contributed by atoms with Gasteiger partial charge in [-0.25, -0.2) is 4.79 Å². The standard InChI is InChI=1S/C17H25N3O5S/c1-7-12-11(8(2)21)16(23)20(12)13(17(24)25)14(7)26-9-5-10(18-6-9)15(22)19(3)4/h7-12,18,21H,5-6H2,1-4H3,(H,24,25)/t7?,8?,9-,10-,11+,12+/m0/s1. The summed E-state index contributed by atoms with van der Waals surface area (Å²) < 4.78 is 0. The van der Waals surface area contributed by atoms with Gasteiger partial charge in [-0.05, 0) is 13.3 Å². The van der Waals surface area contributed by atoms with Crippen molar-refractivity contribution in [3.63, 3.8) is 0 Å². The number of aliphatic hydroxyl groups is 1. The van der Waals surface area contributed by atoms with E-state index in [2.05, 4.69) is 5.32 Å². The number of amides is 2. The number of aliphatic carboxylic acids is 1. The van der Waals surface area contributed by atoms with Crippen molar-refractivity contribution >= 4 is 29.5 Å². The number of thioether (sulfide) groups is 1. The van der Waals surface area contributed by atoms with Crippen molar-refractivity contribution < 1.29 is 24.6 Å². The van der Waals surface area contributed by atoms with E-state index >= 15 is 0 Å². The van der Waals surface area contributed by atoms with Gasteiger partial charge in [-0.15, -0.1) is 11.8 Å². The lowest BCUT2D eigenvalue weighted by atomic mass is 9.79. The van der Waals surface area contributed by atoms with Crippen molar-refractivity contribution in [3.8, 4) is 0 Å². The summed E-state index contributed by atoms with van der Waals surface area (Å²) in [6, 6.07) is -0.568. The molecule has 3 aliphatic heterocycles. The molecule has 0 aliphatic carbocycles. The Morgan fingerprint density at radius 3 is 2.58 bits per heavy atom. The number of carbonyl (C=O) groups is 3. The fraction of sp³-hybridized carbons (Fsp3) is 0.706. The maximum Gasteiger partial charge on any atom is 0.353 e. The molecule has 0 bridgehead atoms. The molecular formula is C17H25N3O5S. The zero-order chi connectivity index (χ0) is 19.3. The molecule has 0 aromatic carbocycles. The van der Waals surface area contributed by atoms with Gasteiger partial charge in [-0.3, -0.25) is 9.59 Å². The minimum atomic E-state index is -1.12. The van der Waals surface area contributed by atoms with Crippen molar-refractivity contribution in [1.29, 1.82) is 0 Å². The Morgan fingerprint density at radius 1 is 1.38 bits per heavy atom. The average Bonchev–Trinajstić information content (AvgIpc) is 3.09. The molecule has 3 aliphatic rings. The molecule has 0 aromatic rings. The third-order valence-corrected chi connectivity index (χ3v) is 6.95. The Hall–Kier alpha value is -1.58. The second kappa shape index (κ2) is 6.86. The van der Waals surface area contributed by atoms with Crippen LogP contribution in [0.5, 0.6) is 0 Å². The normalized spacial score (nSPS) is 34.6. The molecular weight excluding hydrogens is 358 g/mol. The molecule has 2 saturated heterocycles. The summed E-state index contributed by atoms with van der Waals surface area (Å²) in [6.45, 7) is 4.08. The lowest BCUT2D eigenvalue weighted by molar-refractivity contribution is -0.163. The molecule has 3 N–H and O–H groups in total. The highest BCUT2D eigenvalue weighted by Gasteiger charge is 2.60. The van der Waals surface area contributed by atoms with Crippen LogP contribution in [0, 0.1) is 11.8 Å². The number of carboxylic acid groups (broad SMARTS) is 1. The van der Waals surface area contributed by atoms with E-state index < -0.39 is 18.0 Å². The van der Waals surface area contributed by atoms with E-state index in [0.717, 1.165) is 0 Å². The minimum absolute atomic E-state index is 0.00757. The monoisotopic (exact) mass is 383 g/mol. The van der Waals surface area contributed by atoms with Crippen LogP contribution in [0.4, 0.5) is 0 Å². The van der Waals surface area contributed by atoms with Gasteiger partial charge >= 0.3 is 5.97 Å². The molecule has 144 valence electrons. The van der Waals surface area contributed by atoms with Gasteiger partial charge < -0.3 is 25.3 Å². The second-order valence-electron chi connectivity index (χ2n) is 7.44. The largest absolute Gasteiger partial charge is 0.477 e. The second-order valence-corrected chi connectivity index (χ2v) is 8.78. The summed E-state index contributed by atoms with van der Waals surface area (Å²) >= 11 is 1.45. The van der Waals surface area contributed by atoms with Gasteiger partial charge in [-0.1, -0.05) is 6.92 Å². The highest BCUT2D eigenvalue weighted by molar-refractivity contribution is 8.03. The van der Waals surface area contributed by atoms with E-state index in [-0.39, 0.29) is 40.8 Å². The number of nitrogens with one attached hydrogen (secondary N) is 1. The van der Waals surface area contributed by atoms with Gasteiger partial charge in [0.2, 0.25) is 11.8 Å². The quantitative estimate of drug-likeness (QED) is 0.559. The Labute approximate surface area is 156 Å². The first-order valence-corrected chi connectivity index (χ1v) is 9.62. The van der Waals surface area contributed by atoms with Gasteiger partial charge in [-0.2, -0.15) is 0 Å². The van der Waals surface area contributed by atoms with Crippen LogP contribution < -0.4 is 5.32 Å². The highest BCUT2D eigenvalue weighted by atomic mass is 32.2. The number of carboxylic acids is 1. The Balaban J connectivity index is 1.78. The van der Waals surface area contributed by atoms with Crippen molar-refractivity contribution in [1.82, 2.24) is 15.1 Å². The molecule has 2 amide bonds. The van der Waals surface area contributed by atoms with Crippen LogP contribution in [-0.2, 0) is 14.4 Å². The van der Waals surface area contributed by atoms with E-state index in [9.17, 15) is 24.6 Å². The fourth-order valence-electron chi connectivity index (χ4n) is 4.15. The maximum atomic E-state index is 12.3. The third-order valence-electron chi connectivity index (χ3n) is 5.43. The molecule has 9 heteroatoms. The van der Waals surface area contributed by atoms with E-state index in [1.807, 2.05) is 6.92 Å². The summed E-state index contributed by atoms with van der Waals surface area (Å²) in [5.41, 5.74) is 0.0387. The van der Waals surface area contributed by atoms with Crippen molar-refractivity contribution in [2.24, 2.45) is 11.8 Å². The van der Waals surface area contributed by atoms with Gasteiger partial charge in [0.15, 0.2) is 0 Å². The number of hydrogen-bond acceptors (Lipinski definition) is 6. The predicted molar refractivity (Wildman–Crippen MR) is 96.1 cm³/mol. The molecule has 2 unspecified atom stereocenters. The van der Waals surface area contributed by atoms with Gasteiger partial charge in [0, 0.05) is 36.7 Å². The van der Waals surface area contributed by atoms with Crippen LogP contribution in [0.25, 0.3) is 0 Å². The SMILES string of the molecule is CC(O)[C@H]1C(=O)N2C(C(=O)O)=C(S[C@@H]3CN[C@H](C(=O)N(C)C)C3)C(C)[C@H]12. The number of nitrogens with zero attached hydrogens (tertiary/aromatic N) is 2. The third kappa shape index (κ3) is 2.91. The number of hydrogen-bond donors (Lipinski definition) is 3. The smallest absolute Gasteiger partial charge is 0.353 e. The van der Waals surface area contributed by atoms with Crippen LogP contribution in [0.15, 0.2) is 10.6 Å². The highest BCUT2D eigenvalue weighted by Crippen LogP contribution is 2.51. The summed E-state index contributed by atoms with van der Waals surface area (Å²) in [4.78, 5) is 39.8. The molecule has 6 atom stereocenters. The fourth-order valence-corrected chi connectivity index (χ4v) is 5.63. The van der Waals surface area contributed by atoms with Crippen molar-refractivity contribution in [2.45, 2.75) is 43.7 Å². The topological polar surface area (TPSA) is 110 Å². The number of carbonyl (C=O) groups excluding carboxylic acids is 2. The number of aliphatic hydroxyl groups excluding tert-OH is 1. The molecule has 2 fully saturated rings. The number of fused-ring (bicyclic) bond motifs is 1. The van der Waals surface area contributed by atoms with Crippen LogP contribution in [0.3, 0.4) is 0 Å². The molecule has 3 heterocycles. The van der Waals surface area contributed by atoms with E-state index in [1.54, 1.807) is 25.9 Å². The van der Waals surface area contributed by atoms with E-state index in [1.165, 1.54) is 16.7 Å². The van der Waals surface area contributed by atoms with Gasteiger partial charge in [0.05, 0.1) is 24.1 Å². The van der Waals surface area contributed by atoms with Gasteiger partial charge in [0.1, 0.15) is 5.70 Å². The Kier molecular flexibility index (Phi) is 5.06. The first kappa shape index (κ1) is 19.2. The van der Waals surface area contributed by atoms with Crippen LogP contribution in [0.2, 0.25) is 0 Å². The summed E-state index contributed by atoms with van der Waals surface area (Å²) in [5.74, 6) is -2.14. The van der Waals surface area contributed by atoms with Gasteiger partial charge in [0.25, 0.3) is 0 Å². The molecule has 3 rings (SSSR count). The van der Waals surface area contributed by atoms with Crippen molar-refractivity contribution in [3.05, 3.63) is 10.6 Å². The summed E-state index contributed by atoms with van der Waals surface area (Å²) in [7, 11) is 3.42. The van der Waals surface area contributed by atoms with Crippen LogP contribution >= 0.6 is 11.8 Å². The number of likely N-dealkylation sites (N-methyl/N-ethyl adjacent to an activating group) is 1. The predicted octanol–water partition coefficient (Wildman–Crippen LogP) is -0.308. The summed E-state index contributed by atoms with van der Waals surface area (Å²) in [6.07, 6.45) is -0.190. The van der Waals surface area contributed by atoms with Crippen molar-refractivity contribution in [2.75, 3.05) is 20.6 Å². The molecule has 0 spiro atoms. The zero-order valence-corrected chi connectivity index (χ0v) is 16.1. The molecule has 0 radical (unpaired) electrons. The number of rotatable bonds is 5. The Morgan fingerprint density at radius 2 is 2.04 bits per heavy atom. The molecule has 0 saturated carbocycles. The Bertz CT molecular complexity index is 677. The summed E-state index contributed by atoms with van der Waals surface area (Å²) in [5, 5.41) is 22.8. The molecule has 26 heavy (non-hydrogen) atoms. The minimum Gasteiger partial charge on any atom is -0.477 e. The zero-order valence-electron chi connectivity index (χ0n) is 15.3. The first-order chi connectivity index (χ1) is 12.1. The lowest BCUT2D eigenvalue weighted by Crippen LogP contribution is -2.63. The maximum absolute atomic E-state index is 12.3. The number of β-lactam (4-membered cyclic amide) rings is 1. The van der Waals surface area contributed by atoms with Crippen LogP contribution in [-0.4, -0.2) is 81.9 Å². The van der Waals surface area contributed by atoms with Crippen LogP contribution in [0.1, 0.15) is 20.3 Å². The van der Waals surface area contributed by atoms with E-state index in [4.69, 9.17) is 0 Å². The molecule has 8 nitrogen and oxygen atoms in total. The first-order valence-electron chi connectivity index (χ1n) is 8.75. The van der Waals surface area contributed by atoms with E-state index in [0.29, 0.717) is 17.9 Å². The lowest BCUT2D eigenvalue weighted by Gasteiger charge is -2.46. The average molecular weight is 383 g/mol.